The summed E-state index contributed by atoms with van der Waals surface area (Å²) in [5.74, 6) is 0. The zero-order valence-electron chi connectivity index (χ0n) is 18.4. The Morgan fingerprint density at radius 1 is 0.235 bits per heavy atom. The number of benzene rings is 9. The minimum absolute atomic E-state index is 1.31. The quantitative estimate of drug-likeness (QED) is 0.167. The maximum Gasteiger partial charge on any atom is -0.000785 e. The maximum absolute atomic E-state index is 2.38. The van der Waals surface area contributed by atoms with Crippen molar-refractivity contribution in [2.75, 3.05) is 0 Å². The summed E-state index contributed by atoms with van der Waals surface area (Å²) in [6.07, 6.45) is 0. The Morgan fingerprint density at radius 3 is 1.65 bits per heavy atom. The van der Waals surface area contributed by atoms with Crippen LogP contribution in [0.1, 0.15) is 0 Å². The lowest BCUT2D eigenvalue weighted by molar-refractivity contribution is 1.79. The maximum atomic E-state index is 2.38. The van der Waals surface area contributed by atoms with Crippen molar-refractivity contribution in [1.29, 1.82) is 0 Å². The first-order valence-corrected chi connectivity index (χ1v) is 12.0. The van der Waals surface area contributed by atoms with Crippen LogP contribution in [0.2, 0.25) is 0 Å². The van der Waals surface area contributed by atoms with E-state index in [4.69, 9.17) is 0 Å². The van der Waals surface area contributed by atoms with Gasteiger partial charge >= 0.3 is 0 Å². The molecule has 0 aromatic heterocycles. The average molecular weight is 427 g/mol. The third kappa shape index (κ3) is 1.85. The predicted molar refractivity (Wildman–Crippen MR) is 149 cm³/mol. The smallest absolute Gasteiger partial charge is 0.000785 e. The number of hydrogen-bond acceptors (Lipinski definition) is 0. The first-order valence-electron chi connectivity index (χ1n) is 12.0. The molecule has 0 amide bonds. The lowest BCUT2D eigenvalue weighted by Crippen LogP contribution is -1.92. The van der Waals surface area contributed by atoms with Crippen LogP contribution in [0, 0.1) is 0 Å². The van der Waals surface area contributed by atoms with Gasteiger partial charge < -0.3 is 0 Å². The molecule has 0 N–H and O–H groups in total. The summed E-state index contributed by atoms with van der Waals surface area (Å²) >= 11 is 0. The fraction of sp³-hybridized carbons (Fsp3) is 0. The van der Waals surface area contributed by atoms with E-state index in [-0.39, 0.29) is 0 Å². The normalized spacial score (nSPS) is 12.7. The van der Waals surface area contributed by atoms with Gasteiger partial charge in [-0.2, -0.15) is 0 Å². The molecule has 9 rings (SSSR count). The Kier molecular flexibility index (Phi) is 2.88. The average Bonchev–Trinajstić information content (AvgIpc) is 2.90. The van der Waals surface area contributed by atoms with Crippen molar-refractivity contribution >= 4 is 86.2 Å². The largest absolute Gasteiger partial charge is 0.0616 e. The first kappa shape index (κ1) is 17.1. The van der Waals surface area contributed by atoms with Gasteiger partial charge in [-0.15, -0.1) is 0 Å². The Labute approximate surface area is 195 Å². The van der Waals surface area contributed by atoms with Gasteiger partial charge in [0.1, 0.15) is 0 Å². The molecular weight excluding hydrogens is 408 g/mol. The molecule has 9 aromatic rings. The van der Waals surface area contributed by atoms with Gasteiger partial charge in [0.05, 0.1) is 0 Å². The van der Waals surface area contributed by atoms with Crippen LogP contribution in [0.25, 0.3) is 86.2 Å². The summed E-state index contributed by atoms with van der Waals surface area (Å²) in [5, 5.41) is 21.7. The minimum Gasteiger partial charge on any atom is -0.0616 e. The number of hydrogen-bond donors (Lipinski definition) is 0. The van der Waals surface area contributed by atoms with Gasteiger partial charge in [-0.25, -0.2) is 0 Å². The molecule has 0 aliphatic carbocycles. The molecule has 0 heterocycles. The monoisotopic (exact) mass is 426 g/mol. The van der Waals surface area contributed by atoms with Gasteiger partial charge in [0.25, 0.3) is 0 Å². The molecule has 0 heteroatoms. The SMILES string of the molecule is c1ccc2c(c1)cc1ccc3c4ccc5cccc6c7ccccc7c(c7ccc2c1c37)c4c56. The van der Waals surface area contributed by atoms with E-state index < -0.39 is 0 Å². The van der Waals surface area contributed by atoms with Crippen molar-refractivity contribution in [1.82, 2.24) is 0 Å². The van der Waals surface area contributed by atoms with E-state index in [1.807, 2.05) is 0 Å². The van der Waals surface area contributed by atoms with E-state index in [0.717, 1.165) is 0 Å². The van der Waals surface area contributed by atoms with Crippen LogP contribution < -0.4 is 0 Å². The Morgan fingerprint density at radius 2 is 0.735 bits per heavy atom. The summed E-state index contributed by atoms with van der Waals surface area (Å²) in [4.78, 5) is 0. The van der Waals surface area contributed by atoms with Crippen molar-refractivity contribution in [3.8, 4) is 0 Å². The molecule has 0 atom stereocenters. The van der Waals surface area contributed by atoms with Gasteiger partial charge in [-0.1, -0.05) is 103 Å². The summed E-state index contributed by atoms with van der Waals surface area (Å²) in [6.45, 7) is 0. The van der Waals surface area contributed by atoms with Gasteiger partial charge in [-0.3, -0.25) is 0 Å². The molecule has 0 nitrogen and oxygen atoms in total. The Bertz CT molecular complexity index is 2270. The van der Waals surface area contributed by atoms with Crippen molar-refractivity contribution in [2.45, 2.75) is 0 Å². The molecule has 9 aromatic carbocycles. The molecule has 0 radical (unpaired) electrons. The molecule has 0 saturated carbocycles. The molecule has 0 bridgehead atoms. The fourth-order valence-electron chi connectivity index (χ4n) is 6.77. The van der Waals surface area contributed by atoms with Crippen LogP contribution in [-0.2, 0) is 0 Å². The van der Waals surface area contributed by atoms with Crippen molar-refractivity contribution in [3.63, 3.8) is 0 Å². The van der Waals surface area contributed by atoms with Crippen LogP contribution in [-0.4, -0.2) is 0 Å². The van der Waals surface area contributed by atoms with E-state index in [9.17, 15) is 0 Å². The second-order valence-electron chi connectivity index (χ2n) is 9.66. The Hall–Kier alpha value is -4.42. The molecule has 0 aliphatic rings. The van der Waals surface area contributed by atoms with Crippen LogP contribution in [0.3, 0.4) is 0 Å². The molecular formula is C34H18. The molecule has 0 spiro atoms. The lowest BCUT2D eigenvalue weighted by Gasteiger charge is -2.20. The highest BCUT2D eigenvalue weighted by molar-refractivity contribution is 6.45. The Balaban J connectivity index is 1.71. The van der Waals surface area contributed by atoms with Gasteiger partial charge in [0.2, 0.25) is 0 Å². The van der Waals surface area contributed by atoms with Gasteiger partial charge in [0.15, 0.2) is 0 Å². The molecule has 0 fully saturated rings. The van der Waals surface area contributed by atoms with Crippen LogP contribution in [0.4, 0.5) is 0 Å². The third-order valence-corrected chi connectivity index (χ3v) is 8.10. The molecule has 34 heavy (non-hydrogen) atoms. The van der Waals surface area contributed by atoms with E-state index >= 15 is 0 Å². The van der Waals surface area contributed by atoms with Crippen LogP contribution >= 0.6 is 0 Å². The summed E-state index contributed by atoms with van der Waals surface area (Å²) in [6, 6.07) is 40.9. The summed E-state index contributed by atoms with van der Waals surface area (Å²) < 4.78 is 0. The third-order valence-electron chi connectivity index (χ3n) is 8.10. The van der Waals surface area contributed by atoms with Crippen molar-refractivity contribution in [3.05, 3.63) is 109 Å². The minimum atomic E-state index is 1.31. The van der Waals surface area contributed by atoms with E-state index in [0.29, 0.717) is 0 Å². The second kappa shape index (κ2) is 5.73. The number of fused-ring (bicyclic) bond motifs is 7. The number of rotatable bonds is 0. The topological polar surface area (TPSA) is 0 Å². The second-order valence-corrected chi connectivity index (χ2v) is 9.66. The zero-order chi connectivity index (χ0) is 22.0. The molecule has 0 unspecified atom stereocenters. The van der Waals surface area contributed by atoms with E-state index in [1.165, 1.54) is 86.2 Å². The fourth-order valence-corrected chi connectivity index (χ4v) is 6.77. The summed E-state index contributed by atoms with van der Waals surface area (Å²) in [7, 11) is 0. The van der Waals surface area contributed by atoms with E-state index in [2.05, 4.69) is 109 Å². The van der Waals surface area contributed by atoms with E-state index in [1.54, 1.807) is 0 Å². The van der Waals surface area contributed by atoms with Crippen molar-refractivity contribution < 1.29 is 0 Å². The highest BCUT2D eigenvalue weighted by Crippen LogP contribution is 2.49. The highest BCUT2D eigenvalue weighted by Gasteiger charge is 2.20. The van der Waals surface area contributed by atoms with Crippen LogP contribution in [0.5, 0.6) is 0 Å². The van der Waals surface area contributed by atoms with Crippen LogP contribution in [0.15, 0.2) is 109 Å². The zero-order valence-corrected chi connectivity index (χ0v) is 18.4. The molecule has 0 aliphatic heterocycles. The van der Waals surface area contributed by atoms with Gasteiger partial charge in [0, 0.05) is 0 Å². The summed E-state index contributed by atoms with van der Waals surface area (Å²) in [5.41, 5.74) is 0. The highest BCUT2D eigenvalue weighted by atomic mass is 14.2. The van der Waals surface area contributed by atoms with Crippen molar-refractivity contribution in [2.24, 2.45) is 0 Å². The molecule has 0 saturated heterocycles. The lowest BCUT2D eigenvalue weighted by atomic mass is 9.82. The first-order chi connectivity index (χ1) is 16.9. The van der Waals surface area contributed by atoms with Gasteiger partial charge in [-0.05, 0) is 92.2 Å². The molecule has 154 valence electrons. The predicted octanol–water partition coefficient (Wildman–Crippen LogP) is 9.79. The standard InChI is InChI=1S/C34H18/c1-2-8-22-20(6-1)18-21-13-15-27-28-14-12-19-7-5-11-24-23-9-3-4-10-25(23)33(34(28)30(19)24)29-17-16-26(22)31(21)32(27)29/h1-18H.